The molecule has 0 aromatic rings. The first-order valence-electron chi connectivity index (χ1n) is 5.58. The van der Waals surface area contributed by atoms with Crippen molar-refractivity contribution >= 4 is 5.97 Å². The summed E-state index contributed by atoms with van der Waals surface area (Å²) in [6.45, 7) is 8.09. The first-order chi connectivity index (χ1) is 7.08. The standard InChI is InChI=1S/C12H19NO2/c1-9-4-5-13-8-10(2)7-12(13,6-9)11(14)15-3/h9H,2,4-8H2,1,3H3. The van der Waals surface area contributed by atoms with Crippen molar-refractivity contribution in [3.8, 4) is 0 Å². The maximum absolute atomic E-state index is 12.0. The van der Waals surface area contributed by atoms with Gasteiger partial charge in [0.2, 0.25) is 0 Å². The highest BCUT2D eigenvalue weighted by molar-refractivity contribution is 5.82. The van der Waals surface area contributed by atoms with Gasteiger partial charge in [0.1, 0.15) is 5.54 Å². The number of hydrogen-bond acceptors (Lipinski definition) is 3. The predicted molar refractivity (Wildman–Crippen MR) is 58.5 cm³/mol. The van der Waals surface area contributed by atoms with Crippen molar-refractivity contribution in [3.05, 3.63) is 12.2 Å². The fourth-order valence-electron chi connectivity index (χ4n) is 3.03. The highest BCUT2D eigenvalue weighted by atomic mass is 16.5. The van der Waals surface area contributed by atoms with Crippen molar-refractivity contribution in [2.24, 2.45) is 5.92 Å². The summed E-state index contributed by atoms with van der Waals surface area (Å²) in [5, 5.41) is 0. The van der Waals surface area contributed by atoms with Gasteiger partial charge in [-0.2, -0.15) is 0 Å². The SMILES string of the molecule is C=C1CN2CCC(C)CC2(C(=O)OC)C1. The second-order valence-electron chi connectivity index (χ2n) is 4.97. The number of carbonyl (C=O) groups excluding carboxylic acids is 1. The predicted octanol–water partition coefficient (Wildman–Crippen LogP) is 1.59. The topological polar surface area (TPSA) is 29.5 Å². The molecule has 2 atom stereocenters. The van der Waals surface area contributed by atoms with Crippen LogP contribution in [0.3, 0.4) is 0 Å². The molecular formula is C12H19NO2. The molecule has 0 aromatic heterocycles. The summed E-state index contributed by atoms with van der Waals surface area (Å²) in [5.41, 5.74) is 0.776. The van der Waals surface area contributed by atoms with Gasteiger partial charge in [-0.05, 0) is 31.7 Å². The number of hydrogen-bond donors (Lipinski definition) is 0. The van der Waals surface area contributed by atoms with E-state index in [4.69, 9.17) is 4.74 Å². The van der Waals surface area contributed by atoms with E-state index in [1.807, 2.05) is 0 Å². The van der Waals surface area contributed by atoms with Gasteiger partial charge >= 0.3 is 5.97 Å². The molecule has 0 amide bonds. The normalized spacial score (nSPS) is 36.4. The Bertz CT molecular complexity index is 300. The molecule has 84 valence electrons. The Balaban J connectivity index is 2.29. The molecule has 2 aliphatic rings. The van der Waals surface area contributed by atoms with Crippen LogP contribution in [0.5, 0.6) is 0 Å². The molecule has 0 aliphatic carbocycles. The fourth-order valence-corrected chi connectivity index (χ4v) is 3.03. The number of rotatable bonds is 1. The molecule has 2 unspecified atom stereocenters. The van der Waals surface area contributed by atoms with Crippen molar-refractivity contribution < 1.29 is 9.53 Å². The summed E-state index contributed by atoms with van der Waals surface area (Å²) in [4.78, 5) is 14.2. The molecule has 2 fully saturated rings. The molecule has 0 aromatic carbocycles. The second kappa shape index (κ2) is 3.63. The molecule has 3 nitrogen and oxygen atoms in total. The van der Waals surface area contributed by atoms with Crippen LogP contribution in [0.2, 0.25) is 0 Å². The molecule has 3 heteroatoms. The lowest BCUT2D eigenvalue weighted by molar-refractivity contribution is -0.156. The quantitative estimate of drug-likeness (QED) is 0.485. The van der Waals surface area contributed by atoms with Gasteiger partial charge in [0, 0.05) is 6.54 Å². The molecule has 2 heterocycles. The van der Waals surface area contributed by atoms with Crippen LogP contribution in [-0.2, 0) is 9.53 Å². The number of piperidine rings is 1. The lowest BCUT2D eigenvalue weighted by Crippen LogP contribution is -2.55. The lowest BCUT2D eigenvalue weighted by Gasteiger charge is -2.41. The van der Waals surface area contributed by atoms with Gasteiger partial charge < -0.3 is 4.74 Å². The van der Waals surface area contributed by atoms with Gasteiger partial charge in [0.15, 0.2) is 0 Å². The van der Waals surface area contributed by atoms with Crippen molar-refractivity contribution in [3.63, 3.8) is 0 Å². The minimum atomic E-state index is -0.385. The minimum absolute atomic E-state index is 0.0762. The average Bonchev–Trinajstić information content (AvgIpc) is 2.53. The lowest BCUT2D eigenvalue weighted by atomic mass is 9.80. The fraction of sp³-hybridized carbons (Fsp3) is 0.750. The van der Waals surface area contributed by atoms with Crippen LogP contribution in [0.1, 0.15) is 26.2 Å². The summed E-state index contributed by atoms with van der Waals surface area (Å²) in [7, 11) is 1.48. The zero-order valence-corrected chi connectivity index (χ0v) is 9.58. The number of nitrogens with zero attached hydrogens (tertiary/aromatic N) is 1. The van der Waals surface area contributed by atoms with E-state index in [0.717, 1.165) is 31.5 Å². The summed E-state index contributed by atoms with van der Waals surface area (Å²) in [6, 6.07) is 0. The Morgan fingerprint density at radius 1 is 1.67 bits per heavy atom. The molecule has 2 aliphatic heterocycles. The number of fused-ring (bicyclic) bond motifs is 1. The van der Waals surface area contributed by atoms with Crippen LogP contribution in [0.25, 0.3) is 0 Å². The smallest absolute Gasteiger partial charge is 0.326 e. The Hall–Kier alpha value is -0.830. The largest absolute Gasteiger partial charge is 0.468 e. The van der Waals surface area contributed by atoms with Gasteiger partial charge in [-0.1, -0.05) is 19.1 Å². The number of esters is 1. The third-order valence-electron chi connectivity index (χ3n) is 3.71. The molecular weight excluding hydrogens is 190 g/mol. The van der Waals surface area contributed by atoms with Crippen LogP contribution in [0.15, 0.2) is 12.2 Å². The van der Waals surface area contributed by atoms with Crippen LogP contribution in [-0.4, -0.2) is 36.6 Å². The van der Waals surface area contributed by atoms with Crippen LogP contribution in [0.4, 0.5) is 0 Å². The van der Waals surface area contributed by atoms with Gasteiger partial charge in [-0.3, -0.25) is 9.69 Å². The Labute approximate surface area is 91.1 Å². The van der Waals surface area contributed by atoms with Crippen molar-refractivity contribution in [1.82, 2.24) is 4.90 Å². The Kier molecular flexibility index (Phi) is 2.59. The maximum Gasteiger partial charge on any atom is 0.326 e. The molecule has 15 heavy (non-hydrogen) atoms. The second-order valence-corrected chi connectivity index (χ2v) is 4.97. The van der Waals surface area contributed by atoms with Crippen molar-refractivity contribution in [2.45, 2.75) is 31.7 Å². The Morgan fingerprint density at radius 3 is 3.07 bits per heavy atom. The third kappa shape index (κ3) is 1.59. The van der Waals surface area contributed by atoms with E-state index >= 15 is 0 Å². The van der Waals surface area contributed by atoms with Gasteiger partial charge in [0.25, 0.3) is 0 Å². The maximum atomic E-state index is 12.0. The number of ether oxygens (including phenoxy) is 1. The molecule has 0 radical (unpaired) electrons. The van der Waals surface area contributed by atoms with Crippen LogP contribution >= 0.6 is 0 Å². The summed E-state index contributed by atoms with van der Waals surface area (Å²) >= 11 is 0. The molecule has 0 saturated carbocycles. The van der Waals surface area contributed by atoms with Gasteiger partial charge in [-0.15, -0.1) is 0 Å². The van der Waals surface area contributed by atoms with E-state index < -0.39 is 0 Å². The number of methoxy groups -OCH3 is 1. The first kappa shape index (κ1) is 10.7. The van der Waals surface area contributed by atoms with E-state index in [2.05, 4.69) is 18.4 Å². The highest BCUT2D eigenvalue weighted by Crippen LogP contribution is 2.42. The van der Waals surface area contributed by atoms with E-state index in [9.17, 15) is 4.79 Å². The zero-order valence-electron chi connectivity index (χ0n) is 9.58. The summed E-state index contributed by atoms with van der Waals surface area (Å²) in [6.07, 6.45) is 2.87. The zero-order chi connectivity index (χ0) is 11.1. The van der Waals surface area contributed by atoms with E-state index in [1.165, 1.54) is 13.5 Å². The van der Waals surface area contributed by atoms with Crippen LogP contribution in [0, 0.1) is 5.92 Å². The minimum Gasteiger partial charge on any atom is -0.468 e. The Morgan fingerprint density at radius 2 is 2.40 bits per heavy atom. The van der Waals surface area contributed by atoms with E-state index in [-0.39, 0.29) is 11.5 Å². The molecule has 0 bridgehead atoms. The summed E-state index contributed by atoms with van der Waals surface area (Å²) < 4.78 is 4.97. The molecule has 2 rings (SSSR count). The van der Waals surface area contributed by atoms with E-state index in [1.54, 1.807) is 0 Å². The van der Waals surface area contributed by atoms with Crippen molar-refractivity contribution in [1.29, 1.82) is 0 Å². The monoisotopic (exact) mass is 209 g/mol. The molecule has 2 saturated heterocycles. The highest BCUT2D eigenvalue weighted by Gasteiger charge is 2.52. The van der Waals surface area contributed by atoms with Crippen LogP contribution < -0.4 is 0 Å². The van der Waals surface area contributed by atoms with Gasteiger partial charge in [0.05, 0.1) is 7.11 Å². The molecule has 0 spiro atoms. The average molecular weight is 209 g/mol. The number of carbonyl (C=O) groups is 1. The van der Waals surface area contributed by atoms with Gasteiger partial charge in [-0.25, -0.2) is 0 Å². The molecule has 0 N–H and O–H groups in total. The summed E-state index contributed by atoms with van der Waals surface area (Å²) in [5.74, 6) is 0.527. The third-order valence-corrected chi connectivity index (χ3v) is 3.71. The van der Waals surface area contributed by atoms with Crippen molar-refractivity contribution in [2.75, 3.05) is 20.2 Å². The van der Waals surface area contributed by atoms with E-state index in [0.29, 0.717) is 5.92 Å². The first-order valence-corrected chi connectivity index (χ1v) is 5.58.